The van der Waals surface area contributed by atoms with Crippen LogP contribution >= 0.6 is 47.2 Å². The molecule has 1 heterocycles. The third-order valence-electron chi connectivity index (χ3n) is 4.85. The predicted molar refractivity (Wildman–Crippen MR) is 114 cm³/mol. The van der Waals surface area contributed by atoms with E-state index in [4.69, 9.17) is 33.7 Å². The van der Waals surface area contributed by atoms with Crippen molar-refractivity contribution in [3.63, 3.8) is 0 Å². The number of nitrogens with zero attached hydrogens (tertiary/aromatic N) is 2. The lowest BCUT2D eigenvalue weighted by Crippen LogP contribution is -2.47. The number of nitrogens with one attached hydrogen (secondary N) is 1. The third kappa shape index (κ3) is 5.35. The second kappa shape index (κ2) is 9.08. The van der Waals surface area contributed by atoms with Crippen molar-refractivity contribution in [1.29, 1.82) is 0 Å². The first-order valence-electron chi connectivity index (χ1n) is 8.34. The first-order valence-corrected chi connectivity index (χ1v) is 9.10. The summed E-state index contributed by atoms with van der Waals surface area (Å²) in [5, 5.41) is 4.47. The molecule has 3 N–H and O–H groups in total. The van der Waals surface area contributed by atoms with Gasteiger partial charge in [0.25, 0.3) is 0 Å². The molecule has 25 heavy (non-hydrogen) atoms. The van der Waals surface area contributed by atoms with Gasteiger partial charge in [-0.15, -0.1) is 24.0 Å². The second-order valence-electron chi connectivity index (χ2n) is 6.56. The van der Waals surface area contributed by atoms with Crippen LogP contribution in [0.1, 0.15) is 31.4 Å². The summed E-state index contributed by atoms with van der Waals surface area (Å²) in [5.41, 5.74) is 7.23. The van der Waals surface area contributed by atoms with E-state index < -0.39 is 0 Å². The molecule has 1 aliphatic carbocycles. The van der Waals surface area contributed by atoms with E-state index >= 15 is 0 Å². The van der Waals surface area contributed by atoms with Crippen LogP contribution in [-0.2, 0) is 4.74 Å². The van der Waals surface area contributed by atoms with Crippen LogP contribution in [0, 0.1) is 0 Å². The monoisotopic (exact) mass is 498 g/mol. The number of halogens is 3. The van der Waals surface area contributed by atoms with Gasteiger partial charge in [-0.05, 0) is 37.5 Å². The van der Waals surface area contributed by atoms with Crippen LogP contribution in [0.15, 0.2) is 23.2 Å². The average Bonchev–Trinajstić information content (AvgIpc) is 3.35. The van der Waals surface area contributed by atoms with Crippen molar-refractivity contribution < 1.29 is 4.74 Å². The lowest BCUT2D eigenvalue weighted by molar-refractivity contribution is 0.0117. The van der Waals surface area contributed by atoms with E-state index in [1.807, 2.05) is 19.1 Å². The van der Waals surface area contributed by atoms with E-state index in [0.29, 0.717) is 16.0 Å². The highest BCUT2D eigenvalue weighted by molar-refractivity contribution is 14.0. The van der Waals surface area contributed by atoms with E-state index in [9.17, 15) is 0 Å². The standard InChI is InChI=1S/C17H24Cl2N4O.HI/c1-12(14-3-2-13(18)10-15(14)19)22-16(20)21-11-17(4-5-17)23-6-8-24-9-7-23;/h2-3,10,12H,4-9,11H2,1H3,(H3,20,21,22);1H. The molecule has 0 amide bonds. The van der Waals surface area contributed by atoms with Gasteiger partial charge in [0.15, 0.2) is 5.96 Å². The van der Waals surface area contributed by atoms with E-state index in [1.54, 1.807) is 6.07 Å². The molecule has 1 atom stereocenters. The Hall–Kier alpha value is -0.280. The topological polar surface area (TPSA) is 62.9 Å². The van der Waals surface area contributed by atoms with Crippen molar-refractivity contribution in [3.8, 4) is 0 Å². The largest absolute Gasteiger partial charge is 0.379 e. The number of hydrogen-bond acceptors (Lipinski definition) is 3. The van der Waals surface area contributed by atoms with E-state index in [1.165, 1.54) is 12.8 Å². The van der Waals surface area contributed by atoms with Crippen LogP contribution < -0.4 is 11.1 Å². The van der Waals surface area contributed by atoms with Crippen molar-refractivity contribution >= 4 is 53.1 Å². The molecule has 0 aromatic heterocycles. The van der Waals surface area contributed by atoms with Crippen LogP contribution in [0.2, 0.25) is 10.0 Å². The highest BCUT2D eigenvalue weighted by Gasteiger charge is 2.48. The summed E-state index contributed by atoms with van der Waals surface area (Å²) in [5.74, 6) is 0.452. The van der Waals surface area contributed by atoms with Gasteiger partial charge in [-0.25, -0.2) is 0 Å². The Labute approximate surface area is 176 Å². The Bertz CT molecular complexity index is 619. The molecule has 1 unspecified atom stereocenters. The lowest BCUT2D eigenvalue weighted by atomic mass is 10.1. The van der Waals surface area contributed by atoms with Crippen molar-refractivity contribution in [1.82, 2.24) is 10.2 Å². The van der Waals surface area contributed by atoms with E-state index in [0.717, 1.165) is 38.4 Å². The smallest absolute Gasteiger partial charge is 0.189 e. The fourth-order valence-corrected chi connectivity index (χ4v) is 3.76. The summed E-state index contributed by atoms with van der Waals surface area (Å²) in [6.07, 6.45) is 2.37. The minimum atomic E-state index is -0.0305. The number of nitrogens with two attached hydrogens (primary N) is 1. The van der Waals surface area contributed by atoms with E-state index in [-0.39, 0.29) is 35.6 Å². The van der Waals surface area contributed by atoms with Gasteiger partial charge < -0.3 is 15.8 Å². The molecule has 140 valence electrons. The zero-order valence-electron chi connectivity index (χ0n) is 14.3. The van der Waals surface area contributed by atoms with Gasteiger partial charge in [-0.2, -0.15) is 0 Å². The summed E-state index contributed by atoms with van der Waals surface area (Å²) in [6.45, 7) is 6.33. The van der Waals surface area contributed by atoms with Gasteiger partial charge in [0, 0.05) is 28.7 Å². The lowest BCUT2D eigenvalue weighted by Gasteiger charge is -2.34. The van der Waals surface area contributed by atoms with Crippen molar-refractivity contribution in [2.24, 2.45) is 10.7 Å². The first kappa shape index (κ1) is 21.0. The molecular formula is C17H25Cl2IN4O. The Morgan fingerprint density at radius 3 is 2.64 bits per heavy atom. The zero-order chi connectivity index (χ0) is 17.2. The predicted octanol–water partition coefficient (Wildman–Crippen LogP) is 3.44. The zero-order valence-corrected chi connectivity index (χ0v) is 18.1. The molecule has 1 saturated heterocycles. The van der Waals surface area contributed by atoms with Crippen molar-refractivity contribution in [3.05, 3.63) is 33.8 Å². The van der Waals surface area contributed by atoms with Crippen molar-refractivity contribution in [2.45, 2.75) is 31.3 Å². The SMILES string of the molecule is CC(NC(N)=NCC1(N2CCOCC2)CC1)c1ccc(Cl)cc1Cl.I. The van der Waals surface area contributed by atoms with Gasteiger partial charge in [0.1, 0.15) is 0 Å². The number of guanidine groups is 1. The molecule has 5 nitrogen and oxygen atoms in total. The van der Waals surface area contributed by atoms with Gasteiger partial charge in [-0.1, -0.05) is 29.3 Å². The summed E-state index contributed by atoms with van der Waals surface area (Å²) < 4.78 is 5.43. The number of aliphatic imine (C=N–C) groups is 1. The molecule has 8 heteroatoms. The Morgan fingerprint density at radius 2 is 2.04 bits per heavy atom. The van der Waals surface area contributed by atoms with Crippen LogP contribution in [0.3, 0.4) is 0 Å². The molecule has 2 aliphatic rings. The van der Waals surface area contributed by atoms with Crippen LogP contribution in [0.5, 0.6) is 0 Å². The van der Waals surface area contributed by atoms with Gasteiger partial charge >= 0.3 is 0 Å². The highest BCUT2D eigenvalue weighted by atomic mass is 127. The molecule has 0 radical (unpaired) electrons. The minimum absolute atomic E-state index is 0. The molecule has 1 aromatic rings. The van der Waals surface area contributed by atoms with Crippen LogP contribution in [-0.4, -0.2) is 49.2 Å². The maximum absolute atomic E-state index is 6.25. The fraction of sp³-hybridized carbons (Fsp3) is 0.588. The number of benzene rings is 1. The second-order valence-corrected chi connectivity index (χ2v) is 7.40. The molecule has 1 aromatic carbocycles. The Morgan fingerprint density at radius 1 is 1.36 bits per heavy atom. The number of morpholine rings is 1. The van der Waals surface area contributed by atoms with Crippen LogP contribution in [0.25, 0.3) is 0 Å². The molecule has 1 saturated carbocycles. The fourth-order valence-electron chi connectivity index (χ4n) is 3.19. The Kier molecular flexibility index (Phi) is 7.64. The maximum Gasteiger partial charge on any atom is 0.189 e. The highest BCUT2D eigenvalue weighted by Crippen LogP contribution is 2.42. The third-order valence-corrected chi connectivity index (χ3v) is 5.41. The summed E-state index contributed by atoms with van der Waals surface area (Å²) in [7, 11) is 0. The number of rotatable bonds is 5. The maximum atomic E-state index is 6.25. The first-order chi connectivity index (χ1) is 11.5. The summed E-state index contributed by atoms with van der Waals surface area (Å²) in [4.78, 5) is 7.07. The van der Waals surface area contributed by atoms with E-state index in [2.05, 4.69) is 15.2 Å². The molecule has 3 rings (SSSR count). The molecule has 0 bridgehead atoms. The Balaban J connectivity index is 0.00000225. The molecule has 1 aliphatic heterocycles. The summed E-state index contributed by atoms with van der Waals surface area (Å²) in [6, 6.07) is 5.44. The normalized spacial score (nSPS) is 21.3. The van der Waals surface area contributed by atoms with Gasteiger partial charge in [0.2, 0.25) is 0 Å². The van der Waals surface area contributed by atoms with Crippen molar-refractivity contribution in [2.75, 3.05) is 32.8 Å². The number of ether oxygens (including phenoxy) is 1. The quantitative estimate of drug-likeness (QED) is 0.371. The minimum Gasteiger partial charge on any atom is -0.379 e. The molecular weight excluding hydrogens is 474 g/mol. The number of hydrogen-bond donors (Lipinski definition) is 2. The summed E-state index contributed by atoms with van der Waals surface area (Å²) >= 11 is 12.2. The van der Waals surface area contributed by atoms with Gasteiger partial charge in [-0.3, -0.25) is 9.89 Å². The van der Waals surface area contributed by atoms with Crippen LogP contribution in [0.4, 0.5) is 0 Å². The molecule has 2 fully saturated rings. The average molecular weight is 499 g/mol. The van der Waals surface area contributed by atoms with Gasteiger partial charge in [0.05, 0.1) is 25.8 Å². The molecule has 0 spiro atoms.